The number of hydrogen-bond donors (Lipinski definition) is 8. The maximum Gasteiger partial charge on any atom is 0.186 e. The largest absolute Gasteiger partial charge is 0.396 e. The van der Waals surface area contributed by atoms with E-state index in [-0.39, 0.29) is 43.3 Å². The fourth-order valence-electron chi connectivity index (χ4n) is 9.80. The second kappa shape index (κ2) is 11.8. The molecule has 10 heteroatoms. The van der Waals surface area contributed by atoms with Gasteiger partial charge in [0, 0.05) is 18.9 Å². The van der Waals surface area contributed by atoms with Crippen LogP contribution in [0.5, 0.6) is 0 Å². The average Bonchev–Trinajstić information content (AvgIpc) is 3.14. The summed E-state index contributed by atoms with van der Waals surface area (Å²) in [7, 11) is 0. The molecule has 3 saturated carbocycles. The van der Waals surface area contributed by atoms with E-state index in [2.05, 4.69) is 19.9 Å². The Hall–Kier alpha value is -0.920. The van der Waals surface area contributed by atoms with E-state index in [0.717, 1.165) is 18.4 Å². The summed E-state index contributed by atoms with van der Waals surface area (Å²) in [4.78, 5) is 0. The molecule has 1 heterocycles. The van der Waals surface area contributed by atoms with Crippen LogP contribution in [-0.4, -0.2) is 109 Å². The standard InChI is InChI=1S/C32H52O10/c1-16(14-33)6-5-7-17(2)23-25(37)26(38)28-31(23,4)11-9-22-30(3)10-8-18(12-19(30)20(34)13-32(22,28)40)42-29-27(39)24(36)21(35)15-41-29/h5,7,12,16-18,20-29,33-40H,6,8-11,13-15H2,1-4H3/b7-5+/t16-,17+,18-,20+,21+,22+,23-,24-,25+,26-,27+,28+,29-,30-,31+,32-/m0/s1. The van der Waals surface area contributed by atoms with Crippen LogP contribution in [0.4, 0.5) is 0 Å². The van der Waals surface area contributed by atoms with E-state index in [1.165, 1.54) is 0 Å². The zero-order valence-electron chi connectivity index (χ0n) is 25.3. The predicted molar refractivity (Wildman–Crippen MR) is 153 cm³/mol. The first-order chi connectivity index (χ1) is 19.7. The highest BCUT2D eigenvalue weighted by atomic mass is 16.7. The number of fused-ring (bicyclic) bond motifs is 5. The lowest BCUT2D eigenvalue weighted by Crippen LogP contribution is -2.66. The third-order valence-corrected chi connectivity index (χ3v) is 11.9. The highest BCUT2D eigenvalue weighted by Gasteiger charge is 2.72. The van der Waals surface area contributed by atoms with E-state index in [1.54, 1.807) is 0 Å². The Morgan fingerprint density at radius 3 is 2.40 bits per heavy atom. The van der Waals surface area contributed by atoms with Crippen molar-refractivity contribution in [3.8, 4) is 0 Å². The molecule has 0 spiro atoms. The first-order valence-electron chi connectivity index (χ1n) is 15.8. The van der Waals surface area contributed by atoms with Gasteiger partial charge in [-0.3, -0.25) is 0 Å². The summed E-state index contributed by atoms with van der Waals surface area (Å²) in [5.41, 5.74) is -1.74. The van der Waals surface area contributed by atoms with Crippen LogP contribution in [0.25, 0.3) is 0 Å². The Morgan fingerprint density at radius 1 is 1.00 bits per heavy atom. The molecule has 8 N–H and O–H groups in total. The van der Waals surface area contributed by atoms with Gasteiger partial charge >= 0.3 is 0 Å². The molecule has 0 bridgehead atoms. The molecule has 0 unspecified atom stereocenters. The van der Waals surface area contributed by atoms with Crippen LogP contribution in [0.2, 0.25) is 0 Å². The first kappa shape index (κ1) is 32.5. The second-order valence-corrected chi connectivity index (χ2v) is 14.6. The number of rotatable bonds is 7. The van der Waals surface area contributed by atoms with Crippen molar-refractivity contribution in [1.29, 1.82) is 0 Å². The van der Waals surface area contributed by atoms with Gasteiger partial charge in [-0.25, -0.2) is 0 Å². The molecular formula is C32H52O10. The van der Waals surface area contributed by atoms with E-state index in [1.807, 2.05) is 26.0 Å². The zero-order chi connectivity index (χ0) is 30.8. The van der Waals surface area contributed by atoms with Gasteiger partial charge in [-0.1, -0.05) is 45.9 Å². The summed E-state index contributed by atoms with van der Waals surface area (Å²) in [6.45, 7) is 8.08. The smallest absolute Gasteiger partial charge is 0.186 e. The number of aliphatic hydroxyl groups excluding tert-OH is 7. The Balaban J connectivity index is 1.38. The van der Waals surface area contributed by atoms with Gasteiger partial charge < -0.3 is 50.3 Å². The summed E-state index contributed by atoms with van der Waals surface area (Å²) in [6, 6.07) is 0. The molecule has 0 aromatic carbocycles. The Bertz CT molecular complexity index is 1030. The fourth-order valence-corrected chi connectivity index (χ4v) is 9.80. The molecule has 16 atom stereocenters. The van der Waals surface area contributed by atoms with E-state index in [0.29, 0.717) is 19.3 Å². The van der Waals surface area contributed by atoms with Crippen LogP contribution in [0.1, 0.15) is 66.2 Å². The molecule has 5 rings (SSSR count). The van der Waals surface area contributed by atoms with Crippen molar-refractivity contribution in [2.75, 3.05) is 13.2 Å². The number of aliphatic hydroxyl groups is 8. The van der Waals surface area contributed by atoms with Gasteiger partial charge in [0.05, 0.1) is 36.6 Å². The fraction of sp³-hybridized carbons (Fsp3) is 0.875. The van der Waals surface area contributed by atoms with Crippen LogP contribution >= 0.6 is 0 Å². The number of ether oxygens (including phenoxy) is 2. The minimum atomic E-state index is -1.41. The van der Waals surface area contributed by atoms with Crippen LogP contribution < -0.4 is 0 Å². The normalized spacial score (nSPS) is 52.3. The number of allylic oxidation sites excluding steroid dienone is 2. The van der Waals surface area contributed by atoms with Crippen LogP contribution in [0.3, 0.4) is 0 Å². The average molecular weight is 597 g/mol. The molecule has 1 saturated heterocycles. The van der Waals surface area contributed by atoms with Crippen molar-refractivity contribution < 1.29 is 50.3 Å². The van der Waals surface area contributed by atoms with Gasteiger partial charge in [0.2, 0.25) is 0 Å². The molecule has 5 aliphatic rings. The predicted octanol–water partition coefficient (Wildman–Crippen LogP) is 0.628. The Labute approximate surface area is 248 Å². The Morgan fingerprint density at radius 2 is 1.71 bits per heavy atom. The zero-order valence-corrected chi connectivity index (χ0v) is 25.3. The quantitative estimate of drug-likeness (QED) is 0.194. The van der Waals surface area contributed by atoms with Crippen LogP contribution in [-0.2, 0) is 9.47 Å². The van der Waals surface area contributed by atoms with E-state index >= 15 is 0 Å². The summed E-state index contributed by atoms with van der Waals surface area (Å²) >= 11 is 0. The minimum absolute atomic E-state index is 0.0360. The molecule has 10 nitrogen and oxygen atoms in total. The molecule has 0 amide bonds. The van der Waals surface area contributed by atoms with Gasteiger partial charge in [-0.05, 0) is 72.2 Å². The van der Waals surface area contributed by atoms with Crippen molar-refractivity contribution in [2.45, 2.75) is 121 Å². The first-order valence-corrected chi connectivity index (χ1v) is 15.8. The molecule has 1 aliphatic heterocycles. The van der Waals surface area contributed by atoms with Crippen molar-refractivity contribution >= 4 is 0 Å². The van der Waals surface area contributed by atoms with E-state index in [4.69, 9.17) is 9.47 Å². The molecule has 0 radical (unpaired) electrons. The lowest BCUT2D eigenvalue weighted by Gasteiger charge is -2.63. The van der Waals surface area contributed by atoms with Crippen molar-refractivity contribution in [3.63, 3.8) is 0 Å². The third kappa shape index (κ3) is 5.13. The molecule has 240 valence electrons. The van der Waals surface area contributed by atoms with Gasteiger partial charge in [0.15, 0.2) is 6.29 Å². The number of hydrogen-bond acceptors (Lipinski definition) is 10. The molecule has 4 fully saturated rings. The lowest BCUT2D eigenvalue weighted by molar-refractivity contribution is -0.280. The van der Waals surface area contributed by atoms with Crippen LogP contribution in [0.15, 0.2) is 23.8 Å². The maximum atomic E-state index is 12.5. The highest BCUT2D eigenvalue weighted by Crippen LogP contribution is 2.69. The van der Waals surface area contributed by atoms with Crippen molar-refractivity contribution in [1.82, 2.24) is 0 Å². The third-order valence-electron chi connectivity index (χ3n) is 11.9. The van der Waals surface area contributed by atoms with Gasteiger partial charge in [-0.15, -0.1) is 0 Å². The topological polar surface area (TPSA) is 180 Å². The van der Waals surface area contributed by atoms with Gasteiger partial charge in [0.25, 0.3) is 0 Å². The molecule has 4 aliphatic carbocycles. The highest BCUT2D eigenvalue weighted by molar-refractivity contribution is 5.33. The van der Waals surface area contributed by atoms with E-state index in [9.17, 15) is 40.9 Å². The maximum absolute atomic E-state index is 12.5. The molecule has 0 aromatic rings. The van der Waals surface area contributed by atoms with Crippen LogP contribution in [0, 0.1) is 40.4 Å². The minimum Gasteiger partial charge on any atom is -0.396 e. The summed E-state index contributed by atoms with van der Waals surface area (Å²) < 4.78 is 11.4. The Kier molecular flexibility index (Phi) is 9.11. The monoisotopic (exact) mass is 596 g/mol. The van der Waals surface area contributed by atoms with E-state index < -0.39 is 71.4 Å². The summed E-state index contributed by atoms with van der Waals surface area (Å²) in [5, 5.41) is 86.5. The van der Waals surface area contributed by atoms with Crippen molar-refractivity contribution in [2.24, 2.45) is 40.4 Å². The van der Waals surface area contributed by atoms with Crippen molar-refractivity contribution in [3.05, 3.63) is 23.8 Å². The lowest BCUT2D eigenvalue weighted by atomic mass is 9.43. The summed E-state index contributed by atoms with van der Waals surface area (Å²) in [6.07, 6.45) is 0.511. The second-order valence-electron chi connectivity index (χ2n) is 14.6. The molecule has 0 aromatic heterocycles. The van der Waals surface area contributed by atoms with Gasteiger partial charge in [0.1, 0.15) is 18.3 Å². The summed E-state index contributed by atoms with van der Waals surface area (Å²) in [5.74, 6) is -1.05. The van der Waals surface area contributed by atoms with Gasteiger partial charge in [-0.2, -0.15) is 0 Å². The SMILES string of the molecule is C[C@H](CO)C/C=C/[C@@H](C)[C@H]1[C@@H](O)[C@H](O)[C@@H]2[C@]1(C)CC[C@H]1[C@@]2(O)C[C@@H](O)C2=C[C@@H](O[C@@H]3OC[C@@H](O)[C@H](O)[C@H]3O)CC[C@@]21C. The molecular weight excluding hydrogens is 544 g/mol. The molecule has 42 heavy (non-hydrogen) atoms.